The summed E-state index contributed by atoms with van der Waals surface area (Å²) in [5.74, 6) is 0.363. The van der Waals surface area contributed by atoms with Gasteiger partial charge in [-0.25, -0.2) is 4.79 Å². The van der Waals surface area contributed by atoms with Crippen LogP contribution in [0.3, 0.4) is 0 Å². The minimum atomic E-state index is -0.832. The minimum absolute atomic E-state index is 0.154. The molecule has 162 valence electrons. The molecule has 2 aliphatic rings. The fraction of sp³-hybridized carbons (Fsp3) is 0.636. The number of allylic oxidation sites excluding steroid dienone is 5. The molecule has 7 heteroatoms. The van der Waals surface area contributed by atoms with Crippen molar-refractivity contribution in [3.63, 3.8) is 0 Å². The van der Waals surface area contributed by atoms with Gasteiger partial charge in [-0.15, -0.1) is 0 Å². The van der Waals surface area contributed by atoms with Crippen LogP contribution >= 0.6 is 11.8 Å². The first kappa shape index (κ1) is 23.7. The van der Waals surface area contributed by atoms with Gasteiger partial charge in [0, 0.05) is 24.7 Å². The van der Waals surface area contributed by atoms with Crippen molar-refractivity contribution in [3.8, 4) is 0 Å². The van der Waals surface area contributed by atoms with E-state index in [9.17, 15) is 19.8 Å². The van der Waals surface area contributed by atoms with Crippen LogP contribution in [-0.2, 0) is 9.53 Å². The molecule has 5 atom stereocenters. The van der Waals surface area contributed by atoms with Gasteiger partial charge < -0.3 is 20.3 Å². The average Bonchev–Trinajstić information content (AvgIpc) is 3.08. The Morgan fingerprint density at radius 2 is 2.10 bits per heavy atom. The second-order valence-corrected chi connectivity index (χ2v) is 8.99. The van der Waals surface area contributed by atoms with E-state index in [0.717, 1.165) is 36.6 Å². The third kappa shape index (κ3) is 9.19. The molecule has 0 aromatic heterocycles. The first-order chi connectivity index (χ1) is 13.8. The maximum absolute atomic E-state index is 12.3. The molecule has 3 N–H and O–H groups in total. The van der Waals surface area contributed by atoms with Crippen molar-refractivity contribution in [1.29, 1.82) is 0 Å². The van der Waals surface area contributed by atoms with Crippen molar-refractivity contribution < 1.29 is 24.5 Å². The molecular weight excluding hydrogens is 390 g/mol. The zero-order chi connectivity index (χ0) is 21.2. The fourth-order valence-corrected chi connectivity index (χ4v) is 4.29. The smallest absolute Gasteiger partial charge is 0.330 e. The molecule has 0 aromatic carbocycles. The number of aliphatic hydroxyl groups excluding tert-OH is 2. The summed E-state index contributed by atoms with van der Waals surface area (Å²) in [6.07, 6.45) is 11.1. The predicted molar refractivity (Wildman–Crippen MR) is 116 cm³/mol. The van der Waals surface area contributed by atoms with E-state index >= 15 is 0 Å². The number of aliphatic hydroxyl groups is 2. The van der Waals surface area contributed by atoms with Crippen LogP contribution in [0.5, 0.6) is 0 Å². The number of rotatable bonds is 3. The number of esters is 1. The Labute approximate surface area is 177 Å². The first-order valence-electron chi connectivity index (χ1n) is 10.3. The lowest BCUT2D eigenvalue weighted by molar-refractivity contribution is -0.146. The third-order valence-corrected chi connectivity index (χ3v) is 6.10. The van der Waals surface area contributed by atoms with Crippen LogP contribution < -0.4 is 5.32 Å². The summed E-state index contributed by atoms with van der Waals surface area (Å²) in [4.78, 5) is 23.7. The molecule has 2 aliphatic heterocycles. The highest BCUT2D eigenvalue weighted by Crippen LogP contribution is 2.22. The van der Waals surface area contributed by atoms with E-state index in [1.54, 1.807) is 0 Å². The van der Waals surface area contributed by atoms with Crippen molar-refractivity contribution in [1.82, 2.24) is 5.32 Å². The van der Waals surface area contributed by atoms with E-state index in [2.05, 4.69) is 24.4 Å². The van der Waals surface area contributed by atoms with Crippen LogP contribution in [-0.4, -0.2) is 51.5 Å². The van der Waals surface area contributed by atoms with Gasteiger partial charge in [-0.3, -0.25) is 4.79 Å². The third-order valence-electron chi connectivity index (χ3n) is 5.20. The van der Waals surface area contributed by atoms with E-state index in [-0.39, 0.29) is 24.1 Å². The van der Waals surface area contributed by atoms with Crippen LogP contribution in [0.4, 0.5) is 4.79 Å². The summed E-state index contributed by atoms with van der Waals surface area (Å²) in [6, 6.07) is -0.363. The Balaban J connectivity index is 2.06. The van der Waals surface area contributed by atoms with Crippen molar-refractivity contribution in [2.45, 2.75) is 76.7 Å². The molecule has 29 heavy (non-hydrogen) atoms. The van der Waals surface area contributed by atoms with Gasteiger partial charge in [-0.05, 0) is 38.5 Å². The summed E-state index contributed by atoms with van der Waals surface area (Å²) >= 11 is 1.14. The Morgan fingerprint density at radius 1 is 1.31 bits per heavy atom. The Morgan fingerprint density at radius 3 is 2.83 bits per heavy atom. The number of carbonyl (C=O) groups is 2. The highest BCUT2D eigenvalue weighted by molar-refractivity contribution is 8.13. The molecule has 0 spiro atoms. The van der Waals surface area contributed by atoms with Gasteiger partial charge in [-0.2, -0.15) is 0 Å². The molecule has 0 bridgehead atoms. The molecule has 2 heterocycles. The van der Waals surface area contributed by atoms with Gasteiger partial charge in [0.05, 0.1) is 18.2 Å². The number of hydrogen-bond donors (Lipinski definition) is 3. The van der Waals surface area contributed by atoms with Crippen molar-refractivity contribution in [2.75, 3.05) is 5.75 Å². The molecule has 1 fully saturated rings. The van der Waals surface area contributed by atoms with E-state index in [4.69, 9.17) is 4.74 Å². The van der Waals surface area contributed by atoms with E-state index in [0.29, 0.717) is 18.1 Å². The van der Waals surface area contributed by atoms with Crippen LogP contribution in [0.1, 0.15) is 52.4 Å². The number of carbonyl (C=O) groups excluding carboxylic acids is 2. The molecule has 6 nitrogen and oxygen atoms in total. The summed E-state index contributed by atoms with van der Waals surface area (Å²) in [5, 5.41) is 23.5. The zero-order valence-electron chi connectivity index (χ0n) is 17.3. The Hall–Kier alpha value is -1.57. The van der Waals surface area contributed by atoms with Crippen molar-refractivity contribution >= 4 is 23.0 Å². The van der Waals surface area contributed by atoms with Gasteiger partial charge >= 0.3 is 5.97 Å². The van der Waals surface area contributed by atoms with Gasteiger partial charge in [0.1, 0.15) is 6.10 Å². The summed E-state index contributed by atoms with van der Waals surface area (Å²) in [6.45, 7) is 3.99. The van der Waals surface area contributed by atoms with Crippen LogP contribution in [0, 0.1) is 5.92 Å². The molecule has 2 rings (SSSR count). The first-order valence-corrected chi connectivity index (χ1v) is 11.3. The largest absolute Gasteiger partial charge is 0.459 e. The molecule has 3 unspecified atom stereocenters. The standard InChI is InChI=1S/C22H33NO5S/c1-15-7-5-3-4-6-8-16(2)11-21(26)28-18(12-17(24)10-9-15)13-20(25)19-14-29-22(27)23-19/h3-5,7,11,15,17-20,24-25H,6,8-10,12-14H2,1-2H3,(H,23,27)/b4-3+,7-5-,16-11-/t15?,17?,18-,19+,20?/m1/s1. The number of nitrogens with one attached hydrogen (secondary N) is 1. The number of ether oxygens (including phenoxy) is 1. The SMILES string of the molecule is C/C1=C/C(=O)O[C@@H](CC(O)[C@@H]2CSC(=O)N2)CC(O)CCC(C)/C=C\C=C\CC1. The Bertz CT molecular complexity index is 645. The molecule has 0 radical (unpaired) electrons. The molecular formula is C22H33NO5S. The molecule has 0 aromatic rings. The van der Waals surface area contributed by atoms with E-state index < -0.39 is 24.3 Å². The zero-order valence-corrected chi connectivity index (χ0v) is 18.1. The normalized spacial score (nSPS) is 35.1. The van der Waals surface area contributed by atoms with Crippen LogP contribution in [0.2, 0.25) is 0 Å². The molecule has 0 saturated carbocycles. The predicted octanol–water partition coefficient (Wildman–Crippen LogP) is 3.49. The second kappa shape index (κ2) is 12.2. The lowest BCUT2D eigenvalue weighted by Crippen LogP contribution is -2.41. The average molecular weight is 424 g/mol. The van der Waals surface area contributed by atoms with Crippen molar-refractivity contribution in [2.24, 2.45) is 5.92 Å². The highest BCUT2D eigenvalue weighted by atomic mass is 32.2. The second-order valence-electron chi connectivity index (χ2n) is 8.00. The van der Waals surface area contributed by atoms with Crippen LogP contribution in [0.25, 0.3) is 0 Å². The minimum Gasteiger partial charge on any atom is -0.459 e. The summed E-state index contributed by atoms with van der Waals surface area (Å²) in [7, 11) is 0. The van der Waals surface area contributed by atoms with Crippen molar-refractivity contribution in [3.05, 3.63) is 36.0 Å². The molecule has 0 aliphatic carbocycles. The monoisotopic (exact) mass is 423 g/mol. The van der Waals surface area contributed by atoms with E-state index in [1.165, 1.54) is 6.08 Å². The summed E-state index contributed by atoms with van der Waals surface area (Å²) in [5.41, 5.74) is 0.920. The fourth-order valence-electron chi connectivity index (χ4n) is 3.42. The van der Waals surface area contributed by atoms with Gasteiger partial charge in [0.2, 0.25) is 0 Å². The summed E-state index contributed by atoms with van der Waals surface area (Å²) < 4.78 is 5.59. The van der Waals surface area contributed by atoms with Gasteiger partial charge in [0.15, 0.2) is 0 Å². The highest BCUT2D eigenvalue weighted by Gasteiger charge is 2.31. The topological polar surface area (TPSA) is 95.9 Å². The van der Waals surface area contributed by atoms with Gasteiger partial charge in [-0.1, -0.05) is 48.6 Å². The number of hydrogen-bond acceptors (Lipinski definition) is 6. The maximum atomic E-state index is 12.3. The lowest BCUT2D eigenvalue weighted by Gasteiger charge is -2.25. The van der Waals surface area contributed by atoms with Gasteiger partial charge in [0.25, 0.3) is 5.24 Å². The number of amides is 1. The molecule has 1 saturated heterocycles. The molecule has 1 amide bonds. The number of cyclic esters (lactones) is 1. The number of thioether (sulfide) groups is 1. The maximum Gasteiger partial charge on any atom is 0.330 e. The van der Waals surface area contributed by atoms with E-state index in [1.807, 2.05) is 19.1 Å². The lowest BCUT2D eigenvalue weighted by atomic mass is 9.96. The quantitative estimate of drug-likeness (QED) is 0.602. The Kier molecular flexibility index (Phi) is 9.97. The van der Waals surface area contributed by atoms with Crippen LogP contribution in [0.15, 0.2) is 36.0 Å².